The van der Waals surface area contributed by atoms with Gasteiger partial charge in [-0.05, 0) is 68.1 Å². The van der Waals surface area contributed by atoms with E-state index in [2.05, 4.69) is 23.1 Å². The molecule has 0 unspecified atom stereocenters. The molecule has 0 aliphatic heterocycles. The Labute approximate surface area is 149 Å². The van der Waals surface area contributed by atoms with E-state index in [1.54, 1.807) is 0 Å². The number of hydrogen-bond donors (Lipinski definition) is 3. The van der Waals surface area contributed by atoms with Crippen LogP contribution >= 0.6 is 12.2 Å². The van der Waals surface area contributed by atoms with E-state index < -0.39 is 0 Å². The van der Waals surface area contributed by atoms with Gasteiger partial charge in [0, 0.05) is 6.04 Å². The second-order valence-corrected chi connectivity index (χ2v) is 6.96. The van der Waals surface area contributed by atoms with Crippen molar-refractivity contribution in [3.63, 3.8) is 0 Å². The van der Waals surface area contributed by atoms with Crippen molar-refractivity contribution in [2.45, 2.75) is 52.5 Å². The lowest BCUT2D eigenvalue weighted by molar-refractivity contribution is -0.123. The van der Waals surface area contributed by atoms with E-state index in [1.165, 1.54) is 24.8 Å². The van der Waals surface area contributed by atoms with E-state index in [0.29, 0.717) is 22.8 Å². The first-order chi connectivity index (χ1) is 11.5. The van der Waals surface area contributed by atoms with Crippen LogP contribution < -0.4 is 20.9 Å². The normalized spacial score (nSPS) is 20.1. The molecule has 0 saturated heterocycles. The maximum atomic E-state index is 11.8. The zero-order valence-corrected chi connectivity index (χ0v) is 15.5. The second-order valence-electron chi connectivity index (χ2n) is 6.55. The van der Waals surface area contributed by atoms with Gasteiger partial charge in [0.05, 0.1) is 0 Å². The van der Waals surface area contributed by atoms with Crippen LogP contribution in [0.15, 0.2) is 18.2 Å². The summed E-state index contributed by atoms with van der Waals surface area (Å²) in [6.07, 6.45) is 4.84. The predicted molar refractivity (Wildman–Crippen MR) is 99.8 cm³/mol. The maximum absolute atomic E-state index is 11.8. The van der Waals surface area contributed by atoms with Gasteiger partial charge in [0.15, 0.2) is 11.7 Å². The van der Waals surface area contributed by atoms with E-state index in [9.17, 15) is 4.79 Å². The summed E-state index contributed by atoms with van der Waals surface area (Å²) in [7, 11) is 0. The Morgan fingerprint density at radius 1 is 1.21 bits per heavy atom. The van der Waals surface area contributed by atoms with Gasteiger partial charge < -0.3 is 10.1 Å². The summed E-state index contributed by atoms with van der Waals surface area (Å²) in [5, 5.41) is 3.73. The van der Waals surface area contributed by atoms with Crippen LogP contribution in [-0.2, 0) is 4.79 Å². The summed E-state index contributed by atoms with van der Waals surface area (Å²) in [5.74, 6) is 1.02. The molecule has 0 radical (unpaired) electrons. The molecule has 1 amide bonds. The number of nitrogens with one attached hydrogen (secondary N) is 3. The number of ether oxygens (including phenoxy) is 1. The fourth-order valence-electron chi connectivity index (χ4n) is 2.85. The summed E-state index contributed by atoms with van der Waals surface area (Å²) in [6, 6.07) is 6.14. The molecule has 0 heterocycles. The topological polar surface area (TPSA) is 62.4 Å². The van der Waals surface area contributed by atoms with Gasteiger partial charge in [-0.15, -0.1) is 0 Å². The number of benzene rings is 1. The zero-order chi connectivity index (χ0) is 17.5. The van der Waals surface area contributed by atoms with E-state index in [4.69, 9.17) is 17.0 Å². The first-order valence-electron chi connectivity index (χ1n) is 8.51. The van der Waals surface area contributed by atoms with Crippen LogP contribution in [-0.4, -0.2) is 23.7 Å². The number of aryl methyl sites for hydroxylation is 2. The van der Waals surface area contributed by atoms with Crippen LogP contribution in [0.5, 0.6) is 5.75 Å². The molecule has 24 heavy (non-hydrogen) atoms. The average molecular weight is 350 g/mol. The SMILES string of the molecule is Cc1ccc(OCC(=O)NNC(=S)N[C@@H]2CCCC[C@@H]2C)cc1C. The molecule has 1 aromatic carbocycles. The van der Waals surface area contributed by atoms with Gasteiger partial charge in [0.1, 0.15) is 5.75 Å². The Morgan fingerprint density at radius 3 is 2.67 bits per heavy atom. The van der Waals surface area contributed by atoms with Crippen LogP contribution in [0, 0.1) is 19.8 Å². The highest BCUT2D eigenvalue weighted by Gasteiger charge is 2.21. The van der Waals surface area contributed by atoms with Crippen molar-refractivity contribution in [2.24, 2.45) is 5.92 Å². The summed E-state index contributed by atoms with van der Waals surface area (Å²) >= 11 is 5.24. The Kier molecular flexibility index (Phi) is 6.85. The third-order valence-electron chi connectivity index (χ3n) is 4.59. The standard InChI is InChI=1S/C18H27N3O2S/c1-12-8-9-15(10-14(12)3)23-11-17(22)20-21-18(24)19-16-7-5-4-6-13(16)2/h8-10,13,16H,4-7,11H2,1-3H3,(H,20,22)(H2,19,21,24)/t13-,16+/m0/s1. The first kappa shape index (κ1) is 18.5. The molecule has 1 aliphatic carbocycles. The Balaban J connectivity index is 1.68. The van der Waals surface area contributed by atoms with Crippen LogP contribution in [0.3, 0.4) is 0 Å². The van der Waals surface area contributed by atoms with Gasteiger partial charge in [-0.3, -0.25) is 15.6 Å². The maximum Gasteiger partial charge on any atom is 0.276 e. The largest absolute Gasteiger partial charge is 0.484 e. The van der Waals surface area contributed by atoms with Crippen molar-refractivity contribution in [1.82, 2.24) is 16.2 Å². The molecule has 1 aromatic rings. The number of carbonyl (C=O) groups excluding carboxylic acids is 1. The molecule has 0 bridgehead atoms. The number of hydrazine groups is 1. The monoisotopic (exact) mass is 349 g/mol. The van der Waals surface area contributed by atoms with Gasteiger partial charge in [-0.1, -0.05) is 25.8 Å². The van der Waals surface area contributed by atoms with Crippen molar-refractivity contribution < 1.29 is 9.53 Å². The Hall–Kier alpha value is -1.82. The summed E-state index contributed by atoms with van der Waals surface area (Å²) in [6.45, 7) is 6.23. The second kappa shape index (κ2) is 8.87. The van der Waals surface area contributed by atoms with Crippen molar-refractivity contribution in [3.05, 3.63) is 29.3 Å². The average Bonchev–Trinajstić information content (AvgIpc) is 2.56. The number of thiocarbonyl (C=S) groups is 1. The lowest BCUT2D eigenvalue weighted by Crippen LogP contribution is -2.52. The molecule has 0 aromatic heterocycles. The Morgan fingerprint density at radius 2 is 1.96 bits per heavy atom. The molecule has 1 fully saturated rings. The van der Waals surface area contributed by atoms with E-state index >= 15 is 0 Å². The van der Waals surface area contributed by atoms with Gasteiger partial charge >= 0.3 is 0 Å². The molecule has 132 valence electrons. The third-order valence-corrected chi connectivity index (χ3v) is 4.81. The number of carbonyl (C=O) groups is 1. The summed E-state index contributed by atoms with van der Waals surface area (Å²) in [5.41, 5.74) is 7.65. The molecule has 5 nitrogen and oxygen atoms in total. The predicted octanol–water partition coefficient (Wildman–Crippen LogP) is 2.76. The van der Waals surface area contributed by atoms with E-state index in [0.717, 1.165) is 12.0 Å². The Bertz CT molecular complexity index is 592. The quantitative estimate of drug-likeness (QED) is 0.576. The van der Waals surface area contributed by atoms with Gasteiger partial charge in [0.2, 0.25) is 0 Å². The third kappa shape index (κ3) is 5.67. The molecule has 6 heteroatoms. The van der Waals surface area contributed by atoms with Crippen molar-refractivity contribution in [3.8, 4) is 5.75 Å². The zero-order valence-electron chi connectivity index (χ0n) is 14.6. The van der Waals surface area contributed by atoms with Gasteiger partial charge in [-0.2, -0.15) is 0 Å². The molecule has 3 N–H and O–H groups in total. The highest BCUT2D eigenvalue weighted by Crippen LogP contribution is 2.23. The lowest BCUT2D eigenvalue weighted by atomic mass is 9.86. The summed E-state index contributed by atoms with van der Waals surface area (Å²) < 4.78 is 5.49. The highest BCUT2D eigenvalue weighted by atomic mass is 32.1. The fraction of sp³-hybridized carbons (Fsp3) is 0.556. The lowest BCUT2D eigenvalue weighted by Gasteiger charge is -2.30. The van der Waals surface area contributed by atoms with Crippen LogP contribution in [0.25, 0.3) is 0 Å². The van der Waals surface area contributed by atoms with Crippen molar-refractivity contribution in [1.29, 1.82) is 0 Å². The smallest absolute Gasteiger partial charge is 0.276 e. The van der Waals surface area contributed by atoms with Crippen molar-refractivity contribution in [2.75, 3.05) is 6.61 Å². The van der Waals surface area contributed by atoms with Gasteiger partial charge in [-0.25, -0.2) is 0 Å². The van der Waals surface area contributed by atoms with E-state index in [1.807, 2.05) is 32.0 Å². The fourth-order valence-corrected chi connectivity index (χ4v) is 3.05. The molecule has 2 atom stereocenters. The molecule has 0 spiro atoms. The minimum Gasteiger partial charge on any atom is -0.484 e. The molecular weight excluding hydrogens is 322 g/mol. The van der Waals surface area contributed by atoms with Crippen LogP contribution in [0.2, 0.25) is 0 Å². The molecule has 1 aliphatic rings. The van der Waals surface area contributed by atoms with Crippen LogP contribution in [0.4, 0.5) is 0 Å². The molecule has 2 rings (SSSR count). The minimum atomic E-state index is -0.269. The summed E-state index contributed by atoms with van der Waals surface area (Å²) in [4.78, 5) is 11.8. The van der Waals surface area contributed by atoms with Crippen molar-refractivity contribution >= 4 is 23.2 Å². The molecular formula is C18H27N3O2S. The van der Waals surface area contributed by atoms with Crippen LogP contribution in [0.1, 0.15) is 43.7 Å². The van der Waals surface area contributed by atoms with E-state index in [-0.39, 0.29) is 12.5 Å². The van der Waals surface area contributed by atoms with Gasteiger partial charge in [0.25, 0.3) is 5.91 Å². The first-order valence-corrected chi connectivity index (χ1v) is 8.92. The minimum absolute atomic E-state index is 0.0576. The molecule has 1 saturated carbocycles. The number of amides is 1. The number of rotatable bonds is 4. The highest BCUT2D eigenvalue weighted by molar-refractivity contribution is 7.80. The number of hydrogen-bond acceptors (Lipinski definition) is 3.